The van der Waals surface area contributed by atoms with Crippen molar-refractivity contribution in [3.05, 3.63) is 47.1 Å². The van der Waals surface area contributed by atoms with E-state index in [0.717, 1.165) is 37.9 Å². The molecule has 4 aliphatic rings. The van der Waals surface area contributed by atoms with Crippen molar-refractivity contribution >= 4 is 5.97 Å². The van der Waals surface area contributed by atoms with Gasteiger partial charge in [0.05, 0.1) is 5.92 Å². The molecule has 5 rings (SSSR count). The van der Waals surface area contributed by atoms with Crippen LogP contribution in [-0.2, 0) is 4.79 Å². The zero-order valence-electron chi connectivity index (χ0n) is 15.1. The Morgan fingerprint density at radius 1 is 1.08 bits per heavy atom. The molecule has 3 atom stereocenters. The van der Waals surface area contributed by atoms with E-state index in [4.69, 9.17) is 9.47 Å². The van der Waals surface area contributed by atoms with E-state index in [0.29, 0.717) is 24.2 Å². The molecular formula is C22H26O3. The minimum atomic E-state index is -0.0602. The second-order valence-corrected chi connectivity index (χ2v) is 7.74. The van der Waals surface area contributed by atoms with E-state index in [-0.39, 0.29) is 11.9 Å². The number of benzene rings is 1. The van der Waals surface area contributed by atoms with Crippen LogP contribution in [-0.4, -0.2) is 12.6 Å². The first-order chi connectivity index (χ1) is 12.1. The highest BCUT2D eigenvalue weighted by atomic mass is 16.5. The maximum atomic E-state index is 12.3. The molecule has 1 aromatic carbocycles. The fourth-order valence-electron chi connectivity index (χ4n) is 4.36. The first-order valence-electron chi connectivity index (χ1n) is 9.41. The Morgan fingerprint density at radius 3 is 2.80 bits per heavy atom. The third-order valence-corrected chi connectivity index (χ3v) is 5.98. The average Bonchev–Trinajstić information content (AvgIpc) is 2.54. The topological polar surface area (TPSA) is 35.5 Å². The van der Waals surface area contributed by atoms with Crippen molar-refractivity contribution < 1.29 is 14.3 Å². The van der Waals surface area contributed by atoms with Crippen LogP contribution in [0.1, 0.15) is 57.4 Å². The minimum Gasteiger partial charge on any atom is -0.489 e. The van der Waals surface area contributed by atoms with Crippen LogP contribution in [0.2, 0.25) is 0 Å². The van der Waals surface area contributed by atoms with E-state index >= 15 is 0 Å². The second kappa shape index (κ2) is 6.70. The van der Waals surface area contributed by atoms with E-state index in [1.165, 1.54) is 16.7 Å². The summed E-state index contributed by atoms with van der Waals surface area (Å²) < 4.78 is 11.4. The Kier molecular flexibility index (Phi) is 4.41. The van der Waals surface area contributed by atoms with Gasteiger partial charge in [0.25, 0.3) is 0 Å². The van der Waals surface area contributed by atoms with Crippen LogP contribution in [0.4, 0.5) is 0 Å². The largest absolute Gasteiger partial charge is 0.489 e. The predicted molar refractivity (Wildman–Crippen MR) is 97.9 cm³/mol. The fraction of sp³-hybridized carbons (Fsp3) is 0.500. The molecule has 1 fully saturated rings. The molecule has 4 bridgehead atoms. The molecule has 0 aromatic heterocycles. The van der Waals surface area contributed by atoms with Gasteiger partial charge < -0.3 is 9.47 Å². The summed E-state index contributed by atoms with van der Waals surface area (Å²) in [5.74, 6) is 2.38. The van der Waals surface area contributed by atoms with Crippen molar-refractivity contribution in [3.63, 3.8) is 0 Å². The lowest BCUT2D eigenvalue weighted by molar-refractivity contribution is -0.147. The zero-order valence-corrected chi connectivity index (χ0v) is 15.1. The van der Waals surface area contributed by atoms with Crippen molar-refractivity contribution in [2.75, 3.05) is 6.61 Å². The molecular weight excluding hydrogens is 312 g/mol. The molecule has 0 amide bonds. The summed E-state index contributed by atoms with van der Waals surface area (Å²) in [6.07, 6.45) is 9.93. The maximum absolute atomic E-state index is 12.3. The summed E-state index contributed by atoms with van der Waals surface area (Å²) in [4.78, 5) is 12.3. The summed E-state index contributed by atoms with van der Waals surface area (Å²) >= 11 is 0. The van der Waals surface area contributed by atoms with Gasteiger partial charge in [-0.15, -0.1) is 0 Å². The Labute approximate surface area is 149 Å². The van der Waals surface area contributed by atoms with Crippen molar-refractivity contribution in [2.45, 2.75) is 51.9 Å². The molecule has 3 heteroatoms. The third-order valence-electron chi connectivity index (χ3n) is 5.98. The fourth-order valence-corrected chi connectivity index (χ4v) is 4.36. The highest BCUT2D eigenvalue weighted by Crippen LogP contribution is 2.55. The summed E-state index contributed by atoms with van der Waals surface area (Å²) in [6, 6.07) is 6.01. The zero-order chi connectivity index (χ0) is 17.4. The first kappa shape index (κ1) is 16.4. The van der Waals surface area contributed by atoms with Crippen molar-refractivity contribution in [2.24, 2.45) is 11.8 Å². The van der Waals surface area contributed by atoms with E-state index in [2.05, 4.69) is 32.1 Å². The number of esters is 1. The SMILES string of the molecule is C/C1=C/COc2ccc3c(c2)OC(=O)C2CC(CC/C(C)=C\CC1)C32. The van der Waals surface area contributed by atoms with Crippen LogP contribution in [0.25, 0.3) is 0 Å². The predicted octanol–water partition coefficient (Wildman–Crippen LogP) is 5.17. The van der Waals surface area contributed by atoms with Crippen LogP contribution in [0.15, 0.2) is 41.5 Å². The van der Waals surface area contributed by atoms with Gasteiger partial charge in [-0.05, 0) is 69.6 Å². The second-order valence-electron chi connectivity index (χ2n) is 7.74. The first-order valence-corrected chi connectivity index (χ1v) is 9.41. The Hall–Kier alpha value is -2.03. The third kappa shape index (κ3) is 3.24. The molecule has 0 spiro atoms. The number of hydrogen-bond acceptors (Lipinski definition) is 3. The summed E-state index contributed by atoms with van der Waals surface area (Å²) in [5.41, 5.74) is 4.00. The number of rotatable bonds is 0. The summed E-state index contributed by atoms with van der Waals surface area (Å²) in [6.45, 7) is 4.94. The van der Waals surface area contributed by atoms with Crippen molar-refractivity contribution in [1.29, 1.82) is 0 Å². The normalized spacial score (nSPS) is 33.2. The summed E-state index contributed by atoms with van der Waals surface area (Å²) in [7, 11) is 0. The molecule has 3 unspecified atom stereocenters. The minimum absolute atomic E-state index is 0.0537. The number of allylic oxidation sites excluding steroid dienone is 3. The number of carbonyl (C=O) groups excluding carboxylic acids is 1. The molecule has 0 N–H and O–H groups in total. The van der Waals surface area contributed by atoms with E-state index < -0.39 is 0 Å². The number of fused-ring (bicyclic) bond motifs is 8. The van der Waals surface area contributed by atoms with Crippen LogP contribution < -0.4 is 9.47 Å². The highest BCUT2D eigenvalue weighted by molar-refractivity contribution is 5.81. The van der Waals surface area contributed by atoms with Gasteiger partial charge in [0.1, 0.15) is 18.1 Å². The molecule has 1 aromatic rings. The average molecular weight is 338 g/mol. The van der Waals surface area contributed by atoms with Crippen molar-refractivity contribution in [1.82, 2.24) is 0 Å². The van der Waals surface area contributed by atoms with Gasteiger partial charge in [-0.1, -0.05) is 23.3 Å². The molecule has 132 valence electrons. The van der Waals surface area contributed by atoms with E-state index in [9.17, 15) is 4.79 Å². The monoisotopic (exact) mass is 338 g/mol. The number of hydrogen-bond donors (Lipinski definition) is 0. The van der Waals surface area contributed by atoms with Gasteiger partial charge in [0, 0.05) is 12.0 Å². The molecule has 3 heterocycles. The van der Waals surface area contributed by atoms with Gasteiger partial charge in [-0.25, -0.2) is 0 Å². The maximum Gasteiger partial charge on any atom is 0.314 e. The number of carbonyl (C=O) groups is 1. The molecule has 3 aliphatic heterocycles. The standard InChI is InChI=1S/C22H26O3/c1-14-4-3-5-15(2)10-11-24-17-8-9-18-20(13-17)25-22(23)19-12-16(7-6-14)21(18)19/h4,8-10,13,16,19,21H,3,5-7,11-12H2,1-2H3/b14-4-,15-10-. The summed E-state index contributed by atoms with van der Waals surface area (Å²) in [5, 5.41) is 0. The smallest absolute Gasteiger partial charge is 0.314 e. The quantitative estimate of drug-likeness (QED) is 0.372. The molecule has 1 saturated carbocycles. The van der Waals surface area contributed by atoms with Crippen LogP contribution in [0, 0.1) is 11.8 Å². The van der Waals surface area contributed by atoms with Crippen molar-refractivity contribution in [3.8, 4) is 11.5 Å². The lowest BCUT2D eigenvalue weighted by Gasteiger charge is -2.47. The Balaban J connectivity index is 1.64. The molecule has 3 nitrogen and oxygen atoms in total. The van der Waals surface area contributed by atoms with Gasteiger partial charge >= 0.3 is 5.97 Å². The molecule has 0 radical (unpaired) electrons. The molecule has 1 aliphatic carbocycles. The van der Waals surface area contributed by atoms with Crippen LogP contribution >= 0.6 is 0 Å². The lowest BCUT2D eigenvalue weighted by Crippen LogP contribution is -2.44. The van der Waals surface area contributed by atoms with Crippen LogP contribution in [0.3, 0.4) is 0 Å². The van der Waals surface area contributed by atoms with Gasteiger partial charge in [0.15, 0.2) is 0 Å². The van der Waals surface area contributed by atoms with Gasteiger partial charge in [-0.3, -0.25) is 4.79 Å². The van der Waals surface area contributed by atoms with Gasteiger partial charge in [0.2, 0.25) is 0 Å². The highest BCUT2D eigenvalue weighted by Gasteiger charge is 2.50. The Morgan fingerprint density at radius 2 is 1.92 bits per heavy atom. The van der Waals surface area contributed by atoms with E-state index in [1.807, 2.05) is 12.1 Å². The molecule has 0 saturated heterocycles. The van der Waals surface area contributed by atoms with Crippen LogP contribution in [0.5, 0.6) is 11.5 Å². The number of ether oxygens (including phenoxy) is 2. The molecule has 25 heavy (non-hydrogen) atoms. The van der Waals surface area contributed by atoms with Gasteiger partial charge in [-0.2, -0.15) is 0 Å². The Bertz CT molecular complexity index is 744. The van der Waals surface area contributed by atoms with E-state index in [1.54, 1.807) is 0 Å². The lowest BCUT2D eigenvalue weighted by atomic mass is 9.59.